The number of aliphatic hydroxyl groups is 1. The molecule has 0 saturated heterocycles. The molecule has 0 aromatic carbocycles. The molecule has 88 valence electrons. The van der Waals surface area contributed by atoms with E-state index in [4.69, 9.17) is 5.11 Å². The van der Waals surface area contributed by atoms with Gasteiger partial charge in [-0.25, -0.2) is 14.8 Å². The summed E-state index contributed by atoms with van der Waals surface area (Å²) >= 11 is 3.19. The van der Waals surface area contributed by atoms with E-state index in [1.807, 2.05) is 0 Å². The van der Waals surface area contributed by atoms with Crippen LogP contribution in [-0.2, 0) is 0 Å². The highest BCUT2D eigenvalue weighted by atomic mass is 79.9. The number of nitrogens with zero attached hydrogens (tertiary/aromatic N) is 2. The van der Waals surface area contributed by atoms with E-state index >= 15 is 0 Å². The van der Waals surface area contributed by atoms with Crippen molar-refractivity contribution in [1.29, 1.82) is 0 Å². The largest absolute Gasteiger partial charge is 0.396 e. The van der Waals surface area contributed by atoms with Gasteiger partial charge in [-0.05, 0) is 28.8 Å². The number of amides is 2. The number of carbonyl (C=O) groups is 1. The van der Waals surface area contributed by atoms with Gasteiger partial charge in [-0.1, -0.05) is 0 Å². The van der Waals surface area contributed by atoms with Gasteiger partial charge >= 0.3 is 6.03 Å². The summed E-state index contributed by atoms with van der Waals surface area (Å²) in [5.41, 5.74) is 0. The zero-order valence-corrected chi connectivity index (χ0v) is 10.2. The van der Waals surface area contributed by atoms with Crippen molar-refractivity contribution in [1.82, 2.24) is 15.3 Å². The topological polar surface area (TPSA) is 87.1 Å². The highest BCUT2D eigenvalue weighted by Gasteiger charge is 2.02. The highest BCUT2D eigenvalue weighted by Crippen LogP contribution is 2.06. The maximum atomic E-state index is 11.3. The predicted octanol–water partition coefficient (Wildman–Crippen LogP) is 1.13. The van der Waals surface area contributed by atoms with Gasteiger partial charge in [-0.3, -0.25) is 5.32 Å². The van der Waals surface area contributed by atoms with Crippen molar-refractivity contribution in [2.75, 3.05) is 18.5 Å². The number of hydrogen-bond donors (Lipinski definition) is 3. The molecule has 0 aliphatic rings. The maximum absolute atomic E-state index is 11.3. The average Bonchev–Trinajstić information content (AvgIpc) is 2.28. The van der Waals surface area contributed by atoms with Crippen LogP contribution >= 0.6 is 15.9 Å². The van der Waals surface area contributed by atoms with Crippen LogP contribution in [0.25, 0.3) is 0 Å². The Morgan fingerprint density at radius 1 is 1.38 bits per heavy atom. The number of urea groups is 1. The third-order valence-electron chi connectivity index (χ3n) is 1.72. The van der Waals surface area contributed by atoms with Crippen molar-refractivity contribution in [3.8, 4) is 0 Å². The molecule has 0 aliphatic heterocycles. The van der Waals surface area contributed by atoms with Gasteiger partial charge in [0.25, 0.3) is 0 Å². The zero-order chi connectivity index (χ0) is 11.8. The number of anilines is 1. The van der Waals surface area contributed by atoms with Crippen molar-refractivity contribution >= 4 is 27.9 Å². The third-order valence-corrected chi connectivity index (χ3v) is 2.13. The quantitative estimate of drug-likeness (QED) is 0.709. The van der Waals surface area contributed by atoms with Crippen LogP contribution in [0, 0.1) is 0 Å². The third kappa shape index (κ3) is 5.04. The predicted molar refractivity (Wildman–Crippen MR) is 63.1 cm³/mol. The Balaban J connectivity index is 2.26. The molecule has 1 aromatic rings. The average molecular weight is 289 g/mol. The molecular formula is C9H13BrN4O2. The molecule has 0 aliphatic carbocycles. The Bertz CT molecular complexity index is 331. The molecule has 6 nitrogen and oxygen atoms in total. The molecule has 1 aromatic heterocycles. The van der Waals surface area contributed by atoms with Gasteiger partial charge in [-0.15, -0.1) is 0 Å². The van der Waals surface area contributed by atoms with E-state index in [1.54, 1.807) is 12.4 Å². The maximum Gasteiger partial charge on any atom is 0.321 e. The Kier molecular flexibility index (Phi) is 5.73. The number of unbranched alkanes of at least 4 members (excludes halogenated alkanes) is 1. The van der Waals surface area contributed by atoms with Gasteiger partial charge in [0.15, 0.2) is 0 Å². The van der Waals surface area contributed by atoms with Crippen LogP contribution in [0.1, 0.15) is 12.8 Å². The van der Waals surface area contributed by atoms with Crippen LogP contribution in [0.4, 0.5) is 10.7 Å². The van der Waals surface area contributed by atoms with Crippen LogP contribution in [0.2, 0.25) is 0 Å². The van der Waals surface area contributed by atoms with Gasteiger partial charge in [0.2, 0.25) is 5.95 Å². The van der Waals surface area contributed by atoms with E-state index in [0.29, 0.717) is 13.0 Å². The van der Waals surface area contributed by atoms with E-state index in [9.17, 15) is 4.79 Å². The number of aliphatic hydroxyl groups excluding tert-OH is 1. The molecule has 2 amide bonds. The molecule has 0 atom stereocenters. The lowest BCUT2D eigenvalue weighted by atomic mass is 10.3. The fourth-order valence-corrected chi connectivity index (χ4v) is 1.17. The number of halogens is 1. The fourth-order valence-electron chi connectivity index (χ4n) is 0.961. The van der Waals surface area contributed by atoms with Crippen molar-refractivity contribution in [3.05, 3.63) is 16.9 Å². The summed E-state index contributed by atoms with van der Waals surface area (Å²) in [6.07, 6.45) is 4.52. The second-order valence-electron chi connectivity index (χ2n) is 3.04. The first-order chi connectivity index (χ1) is 7.72. The van der Waals surface area contributed by atoms with E-state index in [1.165, 1.54) is 0 Å². The number of aromatic nitrogens is 2. The molecule has 0 saturated carbocycles. The molecule has 0 spiro atoms. The smallest absolute Gasteiger partial charge is 0.321 e. The summed E-state index contributed by atoms with van der Waals surface area (Å²) < 4.78 is 0.751. The van der Waals surface area contributed by atoms with Crippen LogP contribution in [-0.4, -0.2) is 34.3 Å². The summed E-state index contributed by atoms with van der Waals surface area (Å²) in [6, 6.07) is -0.347. The first-order valence-electron chi connectivity index (χ1n) is 4.85. The zero-order valence-electron chi connectivity index (χ0n) is 8.61. The molecule has 0 unspecified atom stereocenters. The lowest BCUT2D eigenvalue weighted by Crippen LogP contribution is -2.30. The van der Waals surface area contributed by atoms with E-state index < -0.39 is 0 Å². The first-order valence-corrected chi connectivity index (χ1v) is 5.65. The lowest BCUT2D eigenvalue weighted by Gasteiger charge is -2.05. The van der Waals surface area contributed by atoms with Crippen molar-refractivity contribution in [3.63, 3.8) is 0 Å². The number of rotatable bonds is 5. The van der Waals surface area contributed by atoms with Crippen molar-refractivity contribution in [2.24, 2.45) is 0 Å². The Morgan fingerprint density at radius 2 is 2.06 bits per heavy atom. The van der Waals surface area contributed by atoms with Gasteiger partial charge < -0.3 is 10.4 Å². The van der Waals surface area contributed by atoms with E-state index in [-0.39, 0.29) is 18.6 Å². The summed E-state index contributed by atoms with van der Waals surface area (Å²) in [5, 5.41) is 13.7. The summed E-state index contributed by atoms with van der Waals surface area (Å²) in [6.45, 7) is 0.655. The molecule has 7 heteroatoms. The van der Waals surface area contributed by atoms with Gasteiger partial charge in [0, 0.05) is 25.5 Å². The van der Waals surface area contributed by atoms with Gasteiger partial charge in [-0.2, -0.15) is 0 Å². The molecule has 0 fully saturated rings. The number of nitrogens with one attached hydrogen (secondary N) is 2. The molecule has 16 heavy (non-hydrogen) atoms. The van der Waals surface area contributed by atoms with E-state index in [0.717, 1.165) is 10.9 Å². The molecular weight excluding hydrogens is 276 g/mol. The van der Waals surface area contributed by atoms with Gasteiger partial charge in [0.05, 0.1) is 4.47 Å². The molecule has 0 radical (unpaired) electrons. The SMILES string of the molecule is O=C(NCCCCO)Nc1ncc(Br)cn1. The summed E-state index contributed by atoms with van der Waals surface area (Å²) in [4.78, 5) is 19.1. The summed E-state index contributed by atoms with van der Waals surface area (Å²) in [5.74, 6) is 0.253. The highest BCUT2D eigenvalue weighted by molar-refractivity contribution is 9.10. The van der Waals surface area contributed by atoms with Crippen LogP contribution in [0.3, 0.4) is 0 Å². The lowest BCUT2D eigenvalue weighted by molar-refractivity contribution is 0.250. The summed E-state index contributed by atoms with van der Waals surface area (Å²) in [7, 11) is 0. The van der Waals surface area contributed by atoms with Crippen LogP contribution in [0.15, 0.2) is 16.9 Å². The van der Waals surface area contributed by atoms with Crippen molar-refractivity contribution < 1.29 is 9.90 Å². The fraction of sp³-hybridized carbons (Fsp3) is 0.444. The van der Waals surface area contributed by atoms with Crippen LogP contribution < -0.4 is 10.6 Å². The minimum atomic E-state index is -0.347. The Labute approximate surface area is 102 Å². The van der Waals surface area contributed by atoms with Crippen molar-refractivity contribution in [2.45, 2.75) is 12.8 Å². The Morgan fingerprint density at radius 3 is 2.69 bits per heavy atom. The molecule has 3 N–H and O–H groups in total. The van der Waals surface area contributed by atoms with E-state index in [2.05, 4.69) is 36.5 Å². The monoisotopic (exact) mass is 288 g/mol. The minimum Gasteiger partial charge on any atom is -0.396 e. The normalized spacial score (nSPS) is 9.88. The first kappa shape index (κ1) is 12.9. The second kappa shape index (κ2) is 7.13. The molecule has 1 heterocycles. The standard InChI is InChI=1S/C9H13BrN4O2/c10-7-5-12-8(13-6-7)14-9(16)11-3-1-2-4-15/h5-6,15H,1-4H2,(H2,11,12,13,14,16). The molecule has 0 bridgehead atoms. The second-order valence-corrected chi connectivity index (χ2v) is 3.95. The molecule has 1 rings (SSSR count). The van der Waals surface area contributed by atoms with Gasteiger partial charge in [0.1, 0.15) is 0 Å². The number of hydrogen-bond acceptors (Lipinski definition) is 4. The Hall–Kier alpha value is -1.21. The number of carbonyl (C=O) groups excluding carboxylic acids is 1. The van der Waals surface area contributed by atoms with Crippen LogP contribution in [0.5, 0.6) is 0 Å². The minimum absolute atomic E-state index is 0.138.